The van der Waals surface area contributed by atoms with Crippen LogP contribution in [0.1, 0.15) is 24.9 Å². The Balaban J connectivity index is 2.17. The third kappa shape index (κ3) is 2.99. The van der Waals surface area contributed by atoms with Gasteiger partial charge in [-0.15, -0.1) is 11.8 Å². The van der Waals surface area contributed by atoms with E-state index >= 15 is 0 Å². The van der Waals surface area contributed by atoms with Gasteiger partial charge in [-0.2, -0.15) is 0 Å². The third-order valence-corrected chi connectivity index (χ3v) is 4.37. The smallest absolute Gasteiger partial charge is 0.322 e. The third-order valence-electron chi connectivity index (χ3n) is 3.02. The van der Waals surface area contributed by atoms with E-state index in [2.05, 4.69) is 5.32 Å². The first-order valence-corrected chi connectivity index (χ1v) is 7.24. The quantitative estimate of drug-likeness (QED) is 0.867. The number of hydrogen-bond donors (Lipinski definition) is 1. The van der Waals surface area contributed by atoms with Crippen LogP contribution in [-0.4, -0.2) is 24.9 Å². The van der Waals surface area contributed by atoms with Crippen LogP contribution in [0.25, 0.3) is 0 Å². The lowest BCUT2D eigenvalue weighted by atomic mass is 10.0. The number of ether oxygens (including phenoxy) is 1. The molecule has 1 heterocycles. The topological polar surface area (TPSA) is 38.3 Å². The van der Waals surface area contributed by atoms with Crippen LogP contribution in [-0.2, 0) is 9.53 Å². The van der Waals surface area contributed by atoms with Crippen LogP contribution < -0.4 is 5.32 Å². The van der Waals surface area contributed by atoms with Crippen molar-refractivity contribution in [1.82, 2.24) is 5.32 Å². The number of halogens is 1. The zero-order chi connectivity index (χ0) is 13.1. The molecule has 18 heavy (non-hydrogen) atoms. The number of esters is 1. The fourth-order valence-corrected chi connectivity index (χ4v) is 3.37. The normalized spacial score (nSPS) is 20.1. The molecule has 0 fully saturated rings. The second kappa shape index (κ2) is 5.95. The molecule has 0 saturated carbocycles. The van der Waals surface area contributed by atoms with Crippen molar-refractivity contribution < 1.29 is 9.53 Å². The van der Waals surface area contributed by atoms with E-state index in [0.717, 1.165) is 17.2 Å². The Hall–Kier alpha value is -0.710. The highest BCUT2D eigenvalue weighted by atomic mass is 35.5. The zero-order valence-electron chi connectivity index (χ0n) is 10.4. The number of carbonyl (C=O) groups excluding carboxylic acids is 1. The van der Waals surface area contributed by atoms with E-state index in [4.69, 9.17) is 16.3 Å². The highest BCUT2D eigenvalue weighted by Gasteiger charge is 2.24. The average Bonchev–Trinajstić information content (AvgIpc) is 2.38. The fourth-order valence-electron chi connectivity index (χ4n) is 2.09. The molecule has 1 N–H and O–H groups in total. The fraction of sp³-hybridized carbons (Fsp3) is 0.462. The summed E-state index contributed by atoms with van der Waals surface area (Å²) in [6.45, 7) is 1.82. The van der Waals surface area contributed by atoms with Gasteiger partial charge in [0.25, 0.3) is 0 Å². The number of rotatable bonds is 3. The summed E-state index contributed by atoms with van der Waals surface area (Å²) in [7, 11) is 1.40. The molecule has 5 heteroatoms. The van der Waals surface area contributed by atoms with Gasteiger partial charge in [-0.3, -0.25) is 10.1 Å². The second-order valence-electron chi connectivity index (χ2n) is 4.28. The first-order chi connectivity index (χ1) is 8.61. The molecule has 0 amide bonds. The van der Waals surface area contributed by atoms with Crippen molar-refractivity contribution in [2.45, 2.75) is 30.3 Å². The molecule has 2 atom stereocenters. The Morgan fingerprint density at radius 3 is 3.11 bits per heavy atom. The van der Waals surface area contributed by atoms with Crippen LogP contribution in [0.15, 0.2) is 23.1 Å². The number of benzene rings is 1. The molecule has 0 bridgehead atoms. The lowest BCUT2D eigenvalue weighted by Gasteiger charge is -2.28. The maximum absolute atomic E-state index is 11.4. The molecule has 0 aromatic heterocycles. The van der Waals surface area contributed by atoms with Gasteiger partial charge in [0.05, 0.1) is 7.11 Å². The minimum absolute atomic E-state index is 0.161. The Morgan fingerprint density at radius 2 is 2.39 bits per heavy atom. The molecule has 1 aliphatic heterocycles. The van der Waals surface area contributed by atoms with Gasteiger partial charge in [-0.1, -0.05) is 11.6 Å². The molecule has 0 radical (unpaired) electrons. The molecule has 0 spiro atoms. The van der Waals surface area contributed by atoms with Crippen molar-refractivity contribution in [3.05, 3.63) is 28.8 Å². The molecule has 2 unspecified atom stereocenters. The molecule has 98 valence electrons. The Morgan fingerprint density at radius 1 is 1.61 bits per heavy atom. The Bertz CT molecular complexity index is 453. The van der Waals surface area contributed by atoms with Gasteiger partial charge in [0.2, 0.25) is 0 Å². The summed E-state index contributed by atoms with van der Waals surface area (Å²) in [5.74, 6) is 0.803. The Kier molecular flexibility index (Phi) is 4.54. The van der Waals surface area contributed by atoms with Crippen LogP contribution in [0.3, 0.4) is 0 Å². The summed E-state index contributed by atoms with van der Waals surface area (Å²) in [5.41, 5.74) is 1.18. The number of nitrogens with one attached hydrogen (secondary N) is 1. The van der Waals surface area contributed by atoms with Gasteiger partial charge in [0, 0.05) is 16.0 Å². The minimum atomic E-state index is -0.310. The summed E-state index contributed by atoms with van der Waals surface area (Å²) in [6, 6.07) is 5.77. The lowest BCUT2D eigenvalue weighted by molar-refractivity contribution is -0.142. The second-order valence-corrected chi connectivity index (χ2v) is 5.86. The van der Waals surface area contributed by atoms with E-state index in [1.165, 1.54) is 17.6 Å². The predicted molar refractivity (Wildman–Crippen MR) is 74.1 cm³/mol. The summed E-state index contributed by atoms with van der Waals surface area (Å²) in [4.78, 5) is 12.7. The number of carbonyl (C=O) groups is 1. The van der Waals surface area contributed by atoms with Crippen molar-refractivity contribution in [3.8, 4) is 0 Å². The van der Waals surface area contributed by atoms with Gasteiger partial charge >= 0.3 is 5.97 Å². The van der Waals surface area contributed by atoms with E-state index in [1.54, 1.807) is 0 Å². The summed E-state index contributed by atoms with van der Waals surface area (Å²) >= 11 is 7.87. The van der Waals surface area contributed by atoms with Crippen molar-refractivity contribution >= 4 is 29.3 Å². The monoisotopic (exact) mass is 285 g/mol. The van der Waals surface area contributed by atoms with Crippen LogP contribution in [0, 0.1) is 0 Å². The van der Waals surface area contributed by atoms with Crippen molar-refractivity contribution in [2.24, 2.45) is 0 Å². The largest absolute Gasteiger partial charge is 0.468 e. The van der Waals surface area contributed by atoms with Gasteiger partial charge in [-0.05, 0) is 42.9 Å². The number of methoxy groups -OCH3 is 1. The maximum atomic E-state index is 11.4. The first-order valence-electron chi connectivity index (χ1n) is 5.88. The standard InChI is InChI=1S/C13H16ClNO2S/c1-8(13(16)17-2)15-11-5-6-18-12-4-3-9(14)7-10(11)12/h3-4,7-8,11,15H,5-6H2,1-2H3. The van der Waals surface area contributed by atoms with Crippen LogP contribution in [0.4, 0.5) is 0 Å². The molecule has 1 aliphatic rings. The van der Waals surface area contributed by atoms with Gasteiger partial charge in [-0.25, -0.2) is 0 Å². The van der Waals surface area contributed by atoms with E-state index in [9.17, 15) is 4.79 Å². The van der Waals surface area contributed by atoms with Crippen molar-refractivity contribution in [1.29, 1.82) is 0 Å². The average molecular weight is 286 g/mol. The van der Waals surface area contributed by atoms with E-state index in [1.807, 2.05) is 36.9 Å². The van der Waals surface area contributed by atoms with E-state index in [-0.39, 0.29) is 18.1 Å². The van der Waals surface area contributed by atoms with E-state index in [0.29, 0.717) is 0 Å². The predicted octanol–water partition coefficient (Wildman–Crippen LogP) is 3.03. The number of fused-ring (bicyclic) bond motifs is 1. The molecule has 2 rings (SSSR count). The number of thioether (sulfide) groups is 1. The molecular formula is C13H16ClNO2S. The molecule has 0 saturated heterocycles. The van der Waals surface area contributed by atoms with Gasteiger partial charge in [0.15, 0.2) is 0 Å². The summed E-state index contributed by atoms with van der Waals surface area (Å²) in [5, 5.41) is 4.04. The Labute approximate surface area is 116 Å². The highest BCUT2D eigenvalue weighted by molar-refractivity contribution is 7.99. The summed E-state index contributed by atoms with van der Waals surface area (Å²) in [6.07, 6.45) is 0.985. The lowest BCUT2D eigenvalue weighted by Crippen LogP contribution is -2.38. The number of hydrogen-bond acceptors (Lipinski definition) is 4. The van der Waals surface area contributed by atoms with Crippen LogP contribution in [0.5, 0.6) is 0 Å². The van der Waals surface area contributed by atoms with Crippen molar-refractivity contribution in [3.63, 3.8) is 0 Å². The van der Waals surface area contributed by atoms with Gasteiger partial charge in [0.1, 0.15) is 6.04 Å². The van der Waals surface area contributed by atoms with Crippen LogP contribution >= 0.6 is 23.4 Å². The maximum Gasteiger partial charge on any atom is 0.322 e. The van der Waals surface area contributed by atoms with Gasteiger partial charge < -0.3 is 4.74 Å². The highest BCUT2D eigenvalue weighted by Crippen LogP contribution is 2.37. The zero-order valence-corrected chi connectivity index (χ0v) is 12.0. The SMILES string of the molecule is COC(=O)C(C)NC1CCSc2ccc(Cl)cc21. The molecule has 1 aromatic rings. The van der Waals surface area contributed by atoms with E-state index < -0.39 is 0 Å². The molecule has 3 nitrogen and oxygen atoms in total. The van der Waals surface area contributed by atoms with Crippen LogP contribution in [0.2, 0.25) is 5.02 Å². The molecular weight excluding hydrogens is 270 g/mol. The molecule has 1 aromatic carbocycles. The summed E-state index contributed by atoms with van der Waals surface area (Å²) < 4.78 is 4.73. The first kappa shape index (κ1) is 13.7. The van der Waals surface area contributed by atoms with Crippen molar-refractivity contribution in [2.75, 3.05) is 12.9 Å². The molecule has 0 aliphatic carbocycles. The minimum Gasteiger partial charge on any atom is -0.468 e.